The molecule has 0 saturated carbocycles. The molecule has 8 heteroatoms. The van der Waals surface area contributed by atoms with Gasteiger partial charge in [0.1, 0.15) is 0 Å². The Bertz CT molecular complexity index is 612. The molecular formula is C16H28N6O2. The summed E-state index contributed by atoms with van der Waals surface area (Å²) in [5.41, 5.74) is 7.68. The van der Waals surface area contributed by atoms with Gasteiger partial charge in [0.2, 0.25) is 5.91 Å². The Hall–Kier alpha value is -2.09. The summed E-state index contributed by atoms with van der Waals surface area (Å²) in [4.78, 5) is 25.6. The van der Waals surface area contributed by atoms with E-state index in [1.165, 1.54) is 0 Å². The van der Waals surface area contributed by atoms with Gasteiger partial charge in [-0.3, -0.25) is 14.4 Å². The lowest BCUT2D eigenvalue weighted by molar-refractivity contribution is -0.121. The van der Waals surface area contributed by atoms with Crippen molar-refractivity contribution in [1.82, 2.24) is 20.0 Å². The first-order valence-corrected chi connectivity index (χ1v) is 8.38. The van der Waals surface area contributed by atoms with E-state index in [0.717, 1.165) is 43.0 Å². The normalized spacial score (nSPS) is 19.8. The van der Waals surface area contributed by atoms with Gasteiger partial charge in [0.25, 0.3) is 0 Å². The van der Waals surface area contributed by atoms with E-state index < -0.39 is 6.03 Å². The molecule has 0 aromatic carbocycles. The predicted molar refractivity (Wildman–Crippen MR) is 92.7 cm³/mol. The summed E-state index contributed by atoms with van der Waals surface area (Å²) in [6, 6.07) is -0.735. The summed E-state index contributed by atoms with van der Waals surface area (Å²) in [6.45, 7) is 7.96. The Balaban J connectivity index is 1.95. The summed E-state index contributed by atoms with van der Waals surface area (Å²) >= 11 is 0. The van der Waals surface area contributed by atoms with Gasteiger partial charge in [0, 0.05) is 20.1 Å². The van der Waals surface area contributed by atoms with Gasteiger partial charge in [-0.05, 0) is 46.1 Å². The van der Waals surface area contributed by atoms with Crippen molar-refractivity contribution in [3.8, 4) is 0 Å². The minimum absolute atomic E-state index is 0.0299. The van der Waals surface area contributed by atoms with E-state index >= 15 is 0 Å². The van der Waals surface area contributed by atoms with E-state index in [0.29, 0.717) is 12.5 Å². The van der Waals surface area contributed by atoms with Crippen molar-refractivity contribution < 1.29 is 9.59 Å². The van der Waals surface area contributed by atoms with Crippen LogP contribution in [0.2, 0.25) is 0 Å². The Morgan fingerprint density at radius 3 is 2.71 bits per heavy atom. The SMILES string of the molecule is Cc1nn(C)c(C)c1NC(=O)[C@@H](C)N1CCC[C@H](CNC(N)=O)C1. The molecule has 1 aromatic heterocycles. The molecule has 0 bridgehead atoms. The highest BCUT2D eigenvalue weighted by Gasteiger charge is 2.28. The van der Waals surface area contributed by atoms with Crippen molar-refractivity contribution in [3.63, 3.8) is 0 Å². The van der Waals surface area contributed by atoms with Crippen LogP contribution in [0.3, 0.4) is 0 Å². The van der Waals surface area contributed by atoms with E-state index in [9.17, 15) is 9.59 Å². The Labute approximate surface area is 142 Å². The number of carbonyl (C=O) groups is 2. The largest absolute Gasteiger partial charge is 0.352 e. The summed E-state index contributed by atoms with van der Waals surface area (Å²) in [6.07, 6.45) is 2.04. The molecule has 3 amide bonds. The van der Waals surface area contributed by atoms with E-state index in [1.54, 1.807) is 4.68 Å². The maximum Gasteiger partial charge on any atom is 0.312 e. The van der Waals surface area contributed by atoms with Crippen LogP contribution in [0.15, 0.2) is 0 Å². The lowest BCUT2D eigenvalue weighted by Gasteiger charge is -2.36. The monoisotopic (exact) mass is 336 g/mol. The maximum absolute atomic E-state index is 12.6. The Morgan fingerprint density at radius 1 is 1.42 bits per heavy atom. The standard InChI is InChI=1S/C16H28N6O2/c1-10-14(11(2)21(4)20-10)19-15(23)12(3)22-7-5-6-13(9-22)8-18-16(17)24/h12-13H,5-9H2,1-4H3,(H,19,23)(H3,17,18,24)/t12-,13-/m1/s1. The molecule has 2 heterocycles. The quantitative estimate of drug-likeness (QED) is 0.737. The number of amides is 3. The number of hydrogen-bond donors (Lipinski definition) is 3. The van der Waals surface area contributed by atoms with E-state index in [-0.39, 0.29) is 11.9 Å². The molecule has 1 fully saturated rings. The number of urea groups is 1. The number of carbonyl (C=O) groups excluding carboxylic acids is 2. The van der Waals surface area contributed by atoms with Crippen LogP contribution in [0.4, 0.5) is 10.5 Å². The van der Waals surface area contributed by atoms with Crippen LogP contribution in [0, 0.1) is 19.8 Å². The van der Waals surface area contributed by atoms with Crippen molar-refractivity contribution in [2.45, 2.75) is 39.7 Å². The molecule has 0 radical (unpaired) electrons. The van der Waals surface area contributed by atoms with Crippen molar-refractivity contribution in [2.75, 3.05) is 25.0 Å². The Kier molecular flexibility index (Phi) is 5.82. The van der Waals surface area contributed by atoms with Crippen molar-refractivity contribution in [3.05, 3.63) is 11.4 Å². The molecule has 24 heavy (non-hydrogen) atoms. The number of nitrogens with one attached hydrogen (secondary N) is 2. The third-order valence-corrected chi connectivity index (χ3v) is 4.80. The second-order valence-corrected chi connectivity index (χ2v) is 6.58. The van der Waals surface area contributed by atoms with Gasteiger partial charge in [-0.25, -0.2) is 4.79 Å². The summed E-state index contributed by atoms with van der Waals surface area (Å²) in [5.74, 6) is 0.293. The topological polar surface area (TPSA) is 105 Å². The van der Waals surface area contributed by atoms with Gasteiger partial charge in [-0.15, -0.1) is 0 Å². The fourth-order valence-corrected chi connectivity index (χ4v) is 3.21. The van der Waals surface area contributed by atoms with Gasteiger partial charge >= 0.3 is 6.03 Å². The third kappa shape index (κ3) is 4.25. The predicted octanol–water partition coefficient (Wildman–Crippen LogP) is 0.744. The zero-order valence-electron chi connectivity index (χ0n) is 14.9. The molecule has 1 aliphatic heterocycles. The van der Waals surface area contributed by atoms with Crippen LogP contribution >= 0.6 is 0 Å². The Morgan fingerprint density at radius 2 is 2.12 bits per heavy atom. The van der Waals surface area contributed by atoms with E-state index in [4.69, 9.17) is 5.73 Å². The number of rotatable bonds is 5. The number of anilines is 1. The molecule has 0 spiro atoms. The average molecular weight is 336 g/mol. The highest BCUT2D eigenvalue weighted by molar-refractivity contribution is 5.95. The molecule has 134 valence electrons. The molecule has 0 aliphatic carbocycles. The number of aryl methyl sites for hydroxylation is 2. The highest BCUT2D eigenvalue weighted by atomic mass is 16.2. The lowest BCUT2D eigenvalue weighted by Crippen LogP contribution is -2.49. The van der Waals surface area contributed by atoms with Crippen LogP contribution in [0.1, 0.15) is 31.2 Å². The molecule has 0 unspecified atom stereocenters. The van der Waals surface area contributed by atoms with Crippen LogP contribution in [0.5, 0.6) is 0 Å². The smallest absolute Gasteiger partial charge is 0.312 e. The van der Waals surface area contributed by atoms with Crippen LogP contribution in [0.25, 0.3) is 0 Å². The number of aromatic nitrogens is 2. The van der Waals surface area contributed by atoms with Crippen LogP contribution in [-0.2, 0) is 11.8 Å². The lowest BCUT2D eigenvalue weighted by atomic mass is 9.96. The van der Waals surface area contributed by atoms with Gasteiger partial charge < -0.3 is 16.4 Å². The molecule has 1 aliphatic rings. The second kappa shape index (κ2) is 7.65. The number of nitrogens with zero attached hydrogens (tertiary/aromatic N) is 3. The summed E-state index contributed by atoms with van der Waals surface area (Å²) < 4.78 is 1.77. The average Bonchev–Trinajstić information content (AvgIpc) is 2.78. The van der Waals surface area contributed by atoms with Gasteiger partial charge in [-0.1, -0.05) is 0 Å². The van der Waals surface area contributed by atoms with E-state index in [1.807, 2.05) is 27.8 Å². The number of primary amides is 1. The number of nitrogens with two attached hydrogens (primary N) is 1. The number of hydrogen-bond acceptors (Lipinski definition) is 4. The minimum Gasteiger partial charge on any atom is -0.352 e. The fraction of sp³-hybridized carbons (Fsp3) is 0.688. The molecule has 2 rings (SSSR count). The fourth-order valence-electron chi connectivity index (χ4n) is 3.21. The molecule has 2 atom stereocenters. The second-order valence-electron chi connectivity index (χ2n) is 6.58. The highest BCUT2D eigenvalue weighted by Crippen LogP contribution is 2.21. The molecule has 4 N–H and O–H groups in total. The van der Waals surface area contributed by atoms with Crippen LogP contribution < -0.4 is 16.4 Å². The molecule has 1 saturated heterocycles. The third-order valence-electron chi connectivity index (χ3n) is 4.80. The van der Waals surface area contributed by atoms with Crippen molar-refractivity contribution in [2.24, 2.45) is 18.7 Å². The molecular weight excluding hydrogens is 308 g/mol. The number of likely N-dealkylation sites (tertiary alicyclic amines) is 1. The first-order chi connectivity index (χ1) is 11.3. The minimum atomic E-state index is -0.500. The summed E-state index contributed by atoms with van der Waals surface area (Å²) in [5, 5.41) is 9.99. The number of piperidine rings is 1. The van der Waals surface area contributed by atoms with Crippen LogP contribution in [-0.4, -0.2) is 52.3 Å². The van der Waals surface area contributed by atoms with Gasteiger partial charge in [0.05, 0.1) is 23.1 Å². The first-order valence-electron chi connectivity index (χ1n) is 8.38. The molecule has 8 nitrogen and oxygen atoms in total. The zero-order valence-corrected chi connectivity index (χ0v) is 14.9. The van der Waals surface area contributed by atoms with Gasteiger partial charge in [-0.2, -0.15) is 5.10 Å². The van der Waals surface area contributed by atoms with E-state index in [2.05, 4.69) is 20.6 Å². The maximum atomic E-state index is 12.6. The first kappa shape index (κ1) is 18.3. The van der Waals surface area contributed by atoms with Crippen molar-refractivity contribution >= 4 is 17.6 Å². The molecule has 1 aromatic rings. The van der Waals surface area contributed by atoms with Crippen molar-refractivity contribution in [1.29, 1.82) is 0 Å². The zero-order chi connectivity index (χ0) is 17.9. The van der Waals surface area contributed by atoms with Gasteiger partial charge in [0.15, 0.2) is 0 Å². The summed E-state index contributed by atoms with van der Waals surface area (Å²) in [7, 11) is 1.86.